The highest BCUT2D eigenvalue weighted by Gasteiger charge is 2.24. The number of halogens is 1. The molecule has 1 amide bonds. The lowest BCUT2D eigenvalue weighted by Gasteiger charge is -2.20. The smallest absolute Gasteiger partial charge is 0.407 e. The number of nitrogens with one attached hydrogen (secondary N) is 1. The fourth-order valence-corrected chi connectivity index (χ4v) is 3.32. The van der Waals surface area contributed by atoms with Gasteiger partial charge < -0.3 is 10.1 Å². The third-order valence-corrected chi connectivity index (χ3v) is 3.92. The van der Waals surface area contributed by atoms with E-state index in [9.17, 15) is 4.79 Å². The Morgan fingerprint density at radius 3 is 3.27 bits per heavy atom. The zero-order valence-electron chi connectivity index (χ0n) is 8.25. The molecule has 1 aliphatic rings. The lowest BCUT2D eigenvalue weighted by molar-refractivity contribution is 0.0916. The van der Waals surface area contributed by atoms with Crippen LogP contribution in [0.5, 0.6) is 0 Å². The van der Waals surface area contributed by atoms with E-state index < -0.39 is 0 Å². The Kier molecular flexibility index (Phi) is 3.25. The number of amides is 1. The Balaban J connectivity index is 2.02. The normalized spacial score (nSPS) is 19.5. The lowest BCUT2D eigenvalue weighted by atomic mass is 10.0. The molecule has 0 radical (unpaired) electrons. The molecule has 1 aromatic rings. The van der Waals surface area contributed by atoms with Crippen LogP contribution in [0.2, 0.25) is 0 Å². The minimum atomic E-state index is -0.355. The molecule has 2 rings (SSSR count). The first-order valence-corrected chi connectivity index (χ1v) is 6.32. The van der Waals surface area contributed by atoms with Gasteiger partial charge in [0.05, 0.1) is 5.69 Å². The number of ether oxygens (including phenoxy) is 1. The van der Waals surface area contributed by atoms with Gasteiger partial charge in [-0.05, 0) is 28.8 Å². The summed E-state index contributed by atoms with van der Waals surface area (Å²) in [5.74, 6) is 0. The molecule has 0 bridgehead atoms. The van der Waals surface area contributed by atoms with E-state index in [4.69, 9.17) is 4.74 Å². The molecule has 1 heterocycles. The molecule has 0 aromatic carbocycles. The minimum absolute atomic E-state index is 0.00944. The van der Waals surface area contributed by atoms with Gasteiger partial charge in [0, 0.05) is 18.3 Å². The summed E-state index contributed by atoms with van der Waals surface area (Å²) in [5, 5.41) is 2.46. The SMILES string of the molecule is CNC(=O)OC1CCc2nc(Br)sc2C1. The van der Waals surface area contributed by atoms with Gasteiger partial charge in [-0.3, -0.25) is 0 Å². The molecule has 1 atom stereocenters. The molecule has 0 saturated carbocycles. The highest BCUT2D eigenvalue weighted by molar-refractivity contribution is 9.11. The molecule has 1 N–H and O–H groups in total. The Labute approximate surface area is 100 Å². The quantitative estimate of drug-likeness (QED) is 0.862. The fraction of sp³-hybridized carbons (Fsp3) is 0.556. The Morgan fingerprint density at radius 1 is 1.73 bits per heavy atom. The van der Waals surface area contributed by atoms with Crippen molar-refractivity contribution in [1.82, 2.24) is 10.3 Å². The predicted molar refractivity (Wildman–Crippen MR) is 61.2 cm³/mol. The van der Waals surface area contributed by atoms with Crippen LogP contribution in [0.25, 0.3) is 0 Å². The van der Waals surface area contributed by atoms with Crippen molar-refractivity contribution < 1.29 is 9.53 Å². The molecule has 4 nitrogen and oxygen atoms in total. The van der Waals surface area contributed by atoms with E-state index >= 15 is 0 Å². The second-order valence-corrected chi connectivity index (χ2v) is 5.72. The van der Waals surface area contributed by atoms with Crippen LogP contribution >= 0.6 is 27.3 Å². The summed E-state index contributed by atoms with van der Waals surface area (Å²) in [6.45, 7) is 0. The van der Waals surface area contributed by atoms with Gasteiger partial charge in [0.2, 0.25) is 0 Å². The van der Waals surface area contributed by atoms with Crippen molar-refractivity contribution in [2.45, 2.75) is 25.4 Å². The van der Waals surface area contributed by atoms with Gasteiger partial charge in [0.15, 0.2) is 3.92 Å². The highest BCUT2D eigenvalue weighted by atomic mass is 79.9. The zero-order chi connectivity index (χ0) is 10.8. The average molecular weight is 291 g/mol. The number of hydrogen-bond donors (Lipinski definition) is 1. The molecule has 1 unspecified atom stereocenters. The summed E-state index contributed by atoms with van der Waals surface area (Å²) in [6.07, 6.45) is 2.17. The topological polar surface area (TPSA) is 51.2 Å². The summed E-state index contributed by atoms with van der Waals surface area (Å²) < 4.78 is 6.13. The van der Waals surface area contributed by atoms with Crippen molar-refractivity contribution in [1.29, 1.82) is 0 Å². The number of carbonyl (C=O) groups is 1. The number of hydrogen-bond acceptors (Lipinski definition) is 4. The molecule has 1 aliphatic carbocycles. The summed E-state index contributed by atoms with van der Waals surface area (Å²) in [6, 6.07) is 0. The first-order valence-electron chi connectivity index (χ1n) is 4.71. The molecule has 82 valence electrons. The Morgan fingerprint density at radius 2 is 2.53 bits per heavy atom. The van der Waals surface area contributed by atoms with Crippen molar-refractivity contribution in [2.75, 3.05) is 7.05 Å². The van der Waals surface area contributed by atoms with Crippen LogP contribution in [0.1, 0.15) is 17.0 Å². The third-order valence-electron chi connectivity index (χ3n) is 2.35. The van der Waals surface area contributed by atoms with Gasteiger partial charge >= 0.3 is 6.09 Å². The summed E-state index contributed by atoms with van der Waals surface area (Å²) in [5.41, 5.74) is 1.14. The average Bonchev–Trinajstić information content (AvgIpc) is 2.57. The minimum Gasteiger partial charge on any atom is -0.446 e. The van der Waals surface area contributed by atoms with Gasteiger partial charge in [-0.25, -0.2) is 9.78 Å². The molecular weight excluding hydrogens is 280 g/mol. The van der Waals surface area contributed by atoms with Crippen LogP contribution in [0.15, 0.2) is 3.92 Å². The van der Waals surface area contributed by atoms with Crippen molar-refractivity contribution in [3.8, 4) is 0 Å². The van der Waals surface area contributed by atoms with Crippen LogP contribution in [-0.2, 0) is 17.6 Å². The van der Waals surface area contributed by atoms with Crippen LogP contribution in [0, 0.1) is 0 Å². The highest BCUT2D eigenvalue weighted by Crippen LogP contribution is 2.30. The molecule has 15 heavy (non-hydrogen) atoms. The number of aryl methyl sites for hydroxylation is 1. The second-order valence-electron chi connectivity index (χ2n) is 3.36. The maximum absolute atomic E-state index is 11.0. The number of nitrogens with zero attached hydrogens (tertiary/aromatic N) is 1. The van der Waals surface area contributed by atoms with Crippen molar-refractivity contribution in [3.05, 3.63) is 14.5 Å². The second kappa shape index (κ2) is 4.49. The van der Waals surface area contributed by atoms with E-state index in [2.05, 4.69) is 26.2 Å². The molecule has 0 aliphatic heterocycles. The molecule has 1 aromatic heterocycles. The van der Waals surface area contributed by atoms with E-state index in [1.54, 1.807) is 18.4 Å². The maximum Gasteiger partial charge on any atom is 0.407 e. The van der Waals surface area contributed by atoms with E-state index in [0.717, 1.165) is 28.9 Å². The molecular formula is C9H11BrN2O2S. The summed E-state index contributed by atoms with van der Waals surface area (Å²) in [7, 11) is 1.57. The number of carbonyl (C=O) groups excluding carboxylic acids is 1. The van der Waals surface area contributed by atoms with E-state index in [1.807, 2.05) is 0 Å². The van der Waals surface area contributed by atoms with Gasteiger partial charge in [-0.2, -0.15) is 0 Å². The van der Waals surface area contributed by atoms with Crippen molar-refractivity contribution in [2.24, 2.45) is 0 Å². The van der Waals surface area contributed by atoms with Crippen LogP contribution in [-0.4, -0.2) is 24.2 Å². The third kappa shape index (κ3) is 2.49. The molecule has 0 fully saturated rings. The first kappa shape index (κ1) is 10.9. The van der Waals surface area contributed by atoms with Crippen LogP contribution < -0.4 is 5.32 Å². The zero-order valence-corrected chi connectivity index (χ0v) is 10.7. The summed E-state index contributed by atoms with van der Waals surface area (Å²) in [4.78, 5) is 16.6. The van der Waals surface area contributed by atoms with E-state index in [-0.39, 0.29) is 12.2 Å². The van der Waals surface area contributed by atoms with Gasteiger partial charge in [0.25, 0.3) is 0 Å². The fourth-order valence-electron chi connectivity index (χ4n) is 1.62. The van der Waals surface area contributed by atoms with Crippen molar-refractivity contribution in [3.63, 3.8) is 0 Å². The lowest BCUT2D eigenvalue weighted by Crippen LogP contribution is -2.29. The van der Waals surface area contributed by atoms with Crippen LogP contribution in [0.4, 0.5) is 4.79 Å². The number of thiazole rings is 1. The van der Waals surface area contributed by atoms with E-state index in [1.165, 1.54) is 4.88 Å². The van der Waals surface area contributed by atoms with Gasteiger partial charge in [0.1, 0.15) is 6.10 Å². The number of fused-ring (bicyclic) bond motifs is 1. The monoisotopic (exact) mass is 290 g/mol. The van der Waals surface area contributed by atoms with Gasteiger partial charge in [-0.15, -0.1) is 11.3 Å². The molecule has 0 spiro atoms. The van der Waals surface area contributed by atoms with Gasteiger partial charge in [-0.1, -0.05) is 0 Å². The Hall–Kier alpha value is -0.620. The Bertz CT molecular complexity index is 380. The number of alkyl carbamates (subject to hydrolysis) is 1. The predicted octanol–water partition coefficient (Wildman–Crippen LogP) is 2.12. The first-order chi connectivity index (χ1) is 7.19. The largest absolute Gasteiger partial charge is 0.446 e. The molecule has 6 heteroatoms. The number of rotatable bonds is 1. The molecule has 0 saturated heterocycles. The number of aromatic nitrogens is 1. The van der Waals surface area contributed by atoms with E-state index in [0.29, 0.717) is 0 Å². The maximum atomic E-state index is 11.0. The van der Waals surface area contributed by atoms with Crippen LogP contribution in [0.3, 0.4) is 0 Å². The standard InChI is InChI=1S/C9H11BrN2O2S/c1-11-9(13)14-5-2-3-6-7(4-5)15-8(10)12-6/h5H,2-4H2,1H3,(H,11,13). The van der Waals surface area contributed by atoms with Crippen molar-refractivity contribution >= 4 is 33.4 Å². The summed E-state index contributed by atoms with van der Waals surface area (Å²) >= 11 is 4.99.